The Morgan fingerprint density at radius 3 is 2.29 bits per heavy atom. The summed E-state index contributed by atoms with van der Waals surface area (Å²) in [5.41, 5.74) is 2.32. The molecule has 0 aliphatic rings. The van der Waals surface area contributed by atoms with Gasteiger partial charge < -0.3 is 0 Å². The van der Waals surface area contributed by atoms with Crippen molar-refractivity contribution in [2.24, 2.45) is 0 Å². The van der Waals surface area contributed by atoms with Gasteiger partial charge in [-0.1, -0.05) is 52.9 Å². The van der Waals surface area contributed by atoms with Crippen molar-refractivity contribution in [2.75, 3.05) is 5.33 Å². The van der Waals surface area contributed by atoms with Crippen LogP contribution >= 0.6 is 15.9 Å². The summed E-state index contributed by atoms with van der Waals surface area (Å²) in [6.07, 6.45) is 5.29. The van der Waals surface area contributed by atoms with Gasteiger partial charge in [-0.3, -0.25) is 4.79 Å². The summed E-state index contributed by atoms with van der Waals surface area (Å²) in [6.45, 7) is 11.2. The number of Topliss-reactive ketones (excluding diaryl/α,β-unsaturated/α-hetero) is 1. The number of hydrogen-bond acceptors (Lipinski definition) is 1. The highest BCUT2D eigenvalue weighted by Crippen LogP contribution is 2.17. The predicted molar refractivity (Wildman–Crippen MR) is 65.7 cm³/mol. The Hall–Kier alpha value is -0.890. The minimum absolute atomic E-state index is 0.0426. The largest absolute Gasteiger partial charge is 0.293 e. The summed E-state index contributed by atoms with van der Waals surface area (Å²) in [6, 6.07) is 0. The van der Waals surface area contributed by atoms with E-state index in [-0.39, 0.29) is 5.78 Å². The van der Waals surface area contributed by atoms with E-state index in [1.54, 1.807) is 12.2 Å². The molecule has 0 atom stereocenters. The summed E-state index contributed by atoms with van der Waals surface area (Å²) in [7, 11) is 0. The molecule has 76 valence electrons. The van der Waals surface area contributed by atoms with Crippen LogP contribution in [0.1, 0.15) is 13.8 Å². The van der Waals surface area contributed by atoms with Gasteiger partial charge in [0.2, 0.25) is 0 Å². The maximum Gasteiger partial charge on any atom is 0.173 e. The highest BCUT2D eigenvalue weighted by molar-refractivity contribution is 9.09. The van der Waals surface area contributed by atoms with E-state index in [1.165, 1.54) is 0 Å². The zero-order valence-electron chi connectivity index (χ0n) is 8.64. The second kappa shape index (κ2) is 6.55. The summed E-state index contributed by atoms with van der Waals surface area (Å²) in [5, 5.41) is 0.317. The molecule has 0 aromatic rings. The zero-order chi connectivity index (χ0) is 11.1. The van der Waals surface area contributed by atoms with E-state index >= 15 is 0 Å². The molecule has 0 aromatic heterocycles. The monoisotopic (exact) mass is 254 g/mol. The molecule has 1 nitrogen and oxygen atoms in total. The number of ketones is 1. The quantitative estimate of drug-likeness (QED) is 0.417. The van der Waals surface area contributed by atoms with Gasteiger partial charge in [-0.15, -0.1) is 0 Å². The summed E-state index contributed by atoms with van der Waals surface area (Å²) >= 11 is 3.15. The fourth-order valence-corrected chi connectivity index (χ4v) is 1.39. The second-order valence-electron chi connectivity index (χ2n) is 2.87. The van der Waals surface area contributed by atoms with Crippen LogP contribution in [0.2, 0.25) is 0 Å². The van der Waals surface area contributed by atoms with Crippen molar-refractivity contribution in [2.45, 2.75) is 13.8 Å². The number of rotatable bonds is 5. The number of carbonyl (C=O) groups excluding carboxylic acids is 1. The van der Waals surface area contributed by atoms with Gasteiger partial charge in [-0.05, 0) is 19.4 Å². The molecule has 0 saturated heterocycles. The minimum Gasteiger partial charge on any atom is -0.293 e. The van der Waals surface area contributed by atoms with Gasteiger partial charge in [0.25, 0.3) is 0 Å². The molecule has 0 saturated carbocycles. The lowest BCUT2D eigenvalue weighted by Gasteiger charge is -2.06. The first kappa shape index (κ1) is 13.1. The van der Waals surface area contributed by atoms with Gasteiger partial charge in [-0.25, -0.2) is 0 Å². The normalized spacial score (nSPS) is 12.5. The fraction of sp³-hybridized carbons (Fsp3) is 0.250. The first-order valence-electron chi connectivity index (χ1n) is 4.32. The van der Waals surface area contributed by atoms with Crippen molar-refractivity contribution in [3.8, 4) is 0 Å². The first-order chi connectivity index (χ1) is 6.58. The standard InChI is InChI=1S/C12H15BrO/c1-5-7-11(12(14)8-13)10(6-2)9(3)4/h5-7H,2-3,8H2,1,4H3/b7-5-,11-10+. The molecule has 2 heteroatoms. The highest BCUT2D eigenvalue weighted by Gasteiger charge is 2.09. The van der Waals surface area contributed by atoms with Crippen LogP contribution in [-0.2, 0) is 4.79 Å². The summed E-state index contributed by atoms with van der Waals surface area (Å²) < 4.78 is 0. The smallest absolute Gasteiger partial charge is 0.173 e. The van der Waals surface area contributed by atoms with Gasteiger partial charge in [0.05, 0.1) is 5.33 Å². The van der Waals surface area contributed by atoms with Gasteiger partial charge in [0.1, 0.15) is 0 Å². The maximum atomic E-state index is 11.6. The topological polar surface area (TPSA) is 17.1 Å². The van der Waals surface area contributed by atoms with Crippen molar-refractivity contribution < 1.29 is 4.79 Å². The van der Waals surface area contributed by atoms with Crippen LogP contribution in [-0.4, -0.2) is 11.1 Å². The van der Waals surface area contributed by atoms with E-state index in [0.717, 1.165) is 11.1 Å². The van der Waals surface area contributed by atoms with Crippen molar-refractivity contribution in [1.82, 2.24) is 0 Å². The number of carbonyl (C=O) groups is 1. The van der Waals surface area contributed by atoms with E-state index in [2.05, 4.69) is 29.1 Å². The van der Waals surface area contributed by atoms with Gasteiger partial charge in [-0.2, -0.15) is 0 Å². The minimum atomic E-state index is 0.0426. The molecular formula is C12H15BrO. The Labute approximate surface area is 94.0 Å². The Morgan fingerprint density at radius 2 is 2.00 bits per heavy atom. The Balaban J connectivity index is 5.42. The lowest BCUT2D eigenvalue weighted by molar-refractivity contribution is -0.112. The van der Waals surface area contributed by atoms with E-state index in [9.17, 15) is 4.79 Å². The molecule has 0 bridgehead atoms. The lowest BCUT2D eigenvalue weighted by Crippen LogP contribution is -2.05. The second-order valence-corrected chi connectivity index (χ2v) is 3.43. The van der Waals surface area contributed by atoms with E-state index in [0.29, 0.717) is 10.9 Å². The van der Waals surface area contributed by atoms with Crippen LogP contribution < -0.4 is 0 Å². The number of halogens is 1. The zero-order valence-corrected chi connectivity index (χ0v) is 10.2. The molecule has 0 aromatic carbocycles. The SMILES string of the molecule is C=C/C(C(=C)C)=C(/C=C\C)C(=O)CBr. The van der Waals surface area contributed by atoms with Gasteiger partial charge in [0.15, 0.2) is 5.78 Å². The van der Waals surface area contributed by atoms with Crippen LogP contribution in [0.3, 0.4) is 0 Å². The molecule has 0 radical (unpaired) electrons. The third-order valence-electron chi connectivity index (χ3n) is 1.71. The molecule has 0 aliphatic carbocycles. The number of allylic oxidation sites excluding steroid dienone is 6. The van der Waals surface area contributed by atoms with Crippen LogP contribution in [0.15, 0.2) is 48.1 Å². The Kier molecular flexibility index (Phi) is 6.13. The lowest BCUT2D eigenvalue weighted by atomic mass is 9.99. The van der Waals surface area contributed by atoms with Crippen molar-refractivity contribution >= 4 is 21.7 Å². The third kappa shape index (κ3) is 3.46. The summed E-state index contributed by atoms with van der Waals surface area (Å²) in [5.74, 6) is 0.0426. The molecule has 0 unspecified atom stereocenters. The van der Waals surface area contributed by atoms with Crippen molar-refractivity contribution in [1.29, 1.82) is 0 Å². The predicted octanol–water partition coefficient (Wildman–Crippen LogP) is 3.59. The van der Waals surface area contributed by atoms with Gasteiger partial charge in [0, 0.05) is 5.57 Å². The molecule has 0 amide bonds. The first-order valence-corrected chi connectivity index (χ1v) is 5.45. The molecule has 0 N–H and O–H groups in total. The van der Waals surface area contributed by atoms with Crippen LogP contribution in [0, 0.1) is 0 Å². The molecule has 0 aliphatic heterocycles. The van der Waals surface area contributed by atoms with E-state index < -0.39 is 0 Å². The van der Waals surface area contributed by atoms with Gasteiger partial charge >= 0.3 is 0 Å². The molecule has 0 fully saturated rings. The van der Waals surface area contributed by atoms with Crippen LogP contribution in [0.25, 0.3) is 0 Å². The average Bonchev–Trinajstić information content (AvgIpc) is 2.16. The Bertz CT molecular complexity index is 308. The van der Waals surface area contributed by atoms with Crippen LogP contribution in [0.5, 0.6) is 0 Å². The third-order valence-corrected chi connectivity index (χ3v) is 2.22. The molecular weight excluding hydrogens is 240 g/mol. The molecule has 0 spiro atoms. The maximum absolute atomic E-state index is 11.6. The van der Waals surface area contributed by atoms with E-state index in [1.807, 2.05) is 19.9 Å². The fourth-order valence-electron chi connectivity index (χ4n) is 1.09. The number of hydrogen-bond donors (Lipinski definition) is 0. The van der Waals surface area contributed by atoms with Crippen LogP contribution in [0.4, 0.5) is 0 Å². The highest BCUT2D eigenvalue weighted by atomic mass is 79.9. The summed E-state index contributed by atoms with van der Waals surface area (Å²) in [4.78, 5) is 11.6. The van der Waals surface area contributed by atoms with Crippen molar-refractivity contribution in [3.63, 3.8) is 0 Å². The average molecular weight is 255 g/mol. The molecule has 0 rings (SSSR count). The molecule has 0 heterocycles. The number of alkyl halides is 1. The van der Waals surface area contributed by atoms with E-state index in [4.69, 9.17) is 0 Å². The Morgan fingerprint density at radius 1 is 1.43 bits per heavy atom. The molecule has 14 heavy (non-hydrogen) atoms. The van der Waals surface area contributed by atoms with Crippen molar-refractivity contribution in [3.05, 3.63) is 48.1 Å².